The van der Waals surface area contributed by atoms with Crippen molar-refractivity contribution >= 4 is 33.4 Å². The number of hydrogen-bond acceptors (Lipinski definition) is 10. The van der Waals surface area contributed by atoms with Gasteiger partial charge in [0.2, 0.25) is 11.8 Å². The Balaban J connectivity index is 2.00. The molecule has 1 aromatic rings. The molecule has 0 unspecified atom stereocenters. The monoisotopic (exact) mass is 633 g/mol. The number of sulfone groups is 1. The summed E-state index contributed by atoms with van der Waals surface area (Å²) in [7, 11) is -3.77. The van der Waals surface area contributed by atoms with Gasteiger partial charge in [0.05, 0.1) is 23.5 Å². The summed E-state index contributed by atoms with van der Waals surface area (Å²) < 4.78 is 37.7. The second kappa shape index (κ2) is 15.4. The molecule has 2 aliphatic heterocycles. The fourth-order valence-electron chi connectivity index (χ4n) is 5.48. The fourth-order valence-corrected chi connectivity index (χ4v) is 7.47. The molecule has 5 atom stereocenters. The number of allylic oxidation sites excluding steroid dienone is 2. The van der Waals surface area contributed by atoms with Crippen LogP contribution in [-0.4, -0.2) is 89.3 Å². The van der Waals surface area contributed by atoms with Crippen LogP contribution >= 0.6 is 0 Å². The number of fused-ring (bicyclic) bond motifs is 3. The van der Waals surface area contributed by atoms with E-state index in [9.17, 15) is 32.7 Å². The number of amides is 2. The van der Waals surface area contributed by atoms with Gasteiger partial charge in [-0.1, -0.05) is 57.6 Å². The number of nitrogens with one attached hydrogen (secondary N) is 1. The lowest BCUT2D eigenvalue weighted by Gasteiger charge is -2.31. The predicted octanol–water partition coefficient (Wildman–Crippen LogP) is 2.34. The number of cyclic esters (lactones) is 1. The molecule has 1 fully saturated rings. The van der Waals surface area contributed by atoms with Crippen LogP contribution in [0.4, 0.5) is 0 Å². The van der Waals surface area contributed by atoms with Crippen LogP contribution in [0.3, 0.4) is 0 Å². The minimum Gasteiger partial charge on any atom is -0.460 e. The van der Waals surface area contributed by atoms with Gasteiger partial charge in [-0.25, -0.2) is 18.2 Å². The van der Waals surface area contributed by atoms with E-state index in [2.05, 4.69) is 10.3 Å². The molecular formula is C31H43N3O9S. The van der Waals surface area contributed by atoms with Crippen molar-refractivity contribution in [2.45, 2.75) is 83.8 Å². The summed E-state index contributed by atoms with van der Waals surface area (Å²) in [6.45, 7) is 9.12. The van der Waals surface area contributed by atoms with Crippen LogP contribution in [0.15, 0.2) is 46.6 Å². The van der Waals surface area contributed by atoms with Crippen molar-refractivity contribution in [2.24, 2.45) is 11.8 Å². The van der Waals surface area contributed by atoms with Crippen molar-refractivity contribution < 1.29 is 41.9 Å². The SMILES string of the molecule is CCCS(=O)(=O)[C@@H]1CCN2C(=O)c3coc(n3)CC(=O)C[C@H](O)/C=C(C)/C=C/CNC(=O)/C=C/[C@@H](C)[C@@H](C(C)C)OC(=O)[C@@H]12. The van der Waals surface area contributed by atoms with Crippen LogP contribution in [0.2, 0.25) is 0 Å². The lowest BCUT2D eigenvalue weighted by Crippen LogP contribution is -2.50. The average molecular weight is 634 g/mol. The third-order valence-electron chi connectivity index (χ3n) is 7.56. The molecule has 0 aliphatic carbocycles. The number of Topliss-reactive ketones (excluding diaryl/α,β-unsaturated/α-hetero) is 1. The summed E-state index contributed by atoms with van der Waals surface area (Å²) in [5.74, 6) is -3.15. The first kappa shape index (κ1) is 34.9. The third-order valence-corrected chi connectivity index (χ3v) is 9.95. The predicted molar refractivity (Wildman–Crippen MR) is 162 cm³/mol. The molecule has 0 radical (unpaired) electrons. The van der Waals surface area contributed by atoms with E-state index in [1.165, 1.54) is 12.2 Å². The van der Waals surface area contributed by atoms with Gasteiger partial charge in [0.25, 0.3) is 5.91 Å². The summed E-state index contributed by atoms with van der Waals surface area (Å²) in [5.41, 5.74) is 0.508. The van der Waals surface area contributed by atoms with Crippen molar-refractivity contribution in [1.29, 1.82) is 0 Å². The number of ether oxygens (including phenoxy) is 1. The molecule has 0 saturated carbocycles. The quantitative estimate of drug-likeness (QED) is 0.469. The molecule has 13 heteroatoms. The number of aliphatic hydroxyl groups is 1. The maximum Gasteiger partial charge on any atom is 0.330 e. The summed E-state index contributed by atoms with van der Waals surface area (Å²) in [5, 5.41) is 11.9. The molecule has 1 saturated heterocycles. The zero-order valence-corrected chi connectivity index (χ0v) is 26.7. The van der Waals surface area contributed by atoms with Crippen LogP contribution in [0, 0.1) is 11.8 Å². The lowest BCUT2D eigenvalue weighted by atomic mass is 9.94. The Morgan fingerprint density at radius 1 is 1.18 bits per heavy atom. The molecule has 2 N–H and O–H groups in total. The van der Waals surface area contributed by atoms with E-state index in [1.54, 1.807) is 39.0 Å². The van der Waals surface area contributed by atoms with Crippen LogP contribution in [-0.2, 0) is 35.4 Å². The molecule has 3 rings (SSSR count). The van der Waals surface area contributed by atoms with Gasteiger partial charge in [-0.05, 0) is 31.8 Å². The summed E-state index contributed by atoms with van der Waals surface area (Å²) in [6.07, 6.45) is 7.04. The van der Waals surface area contributed by atoms with E-state index in [0.29, 0.717) is 12.0 Å². The molecule has 2 aliphatic rings. The van der Waals surface area contributed by atoms with Crippen LogP contribution < -0.4 is 5.32 Å². The number of esters is 1. The highest BCUT2D eigenvalue weighted by molar-refractivity contribution is 7.92. The zero-order valence-electron chi connectivity index (χ0n) is 25.9. The first-order valence-corrected chi connectivity index (χ1v) is 16.6. The van der Waals surface area contributed by atoms with Gasteiger partial charge in [-0.3, -0.25) is 14.4 Å². The Morgan fingerprint density at radius 2 is 1.91 bits per heavy atom. The largest absolute Gasteiger partial charge is 0.460 e. The normalized spacial score (nSPS) is 29.4. The van der Waals surface area contributed by atoms with Crippen molar-refractivity contribution in [2.75, 3.05) is 18.8 Å². The Bertz CT molecular complexity index is 1410. The van der Waals surface area contributed by atoms with Gasteiger partial charge in [0.15, 0.2) is 15.5 Å². The fraction of sp³-hybridized carbons (Fsp3) is 0.581. The highest BCUT2D eigenvalue weighted by Gasteiger charge is 2.50. The second-order valence-corrected chi connectivity index (χ2v) is 14.0. The van der Waals surface area contributed by atoms with Crippen LogP contribution in [0.1, 0.15) is 70.3 Å². The Morgan fingerprint density at radius 3 is 2.59 bits per heavy atom. The van der Waals surface area contributed by atoms with E-state index in [4.69, 9.17) is 9.15 Å². The van der Waals surface area contributed by atoms with E-state index in [0.717, 1.165) is 11.2 Å². The molecule has 44 heavy (non-hydrogen) atoms. The zero-order chi connectivity index (χ0) is 32.6. The third kappa shape index (κ3) is 9.21. The molecule has 242 valence electrons. The Hall–Kier alpha value is -3.58. The van der Waals surface area contributed by atoms with Crippen LogP contribution in [0.5, 0.6) is 0 Å². The van der Waals surface area contributed by atoms with Crippen molar-refractivity contribution in [3.05, 3.63) is 53.8 Å². The van der Waals surface area contributed by atoms with Gasteiger partial charge < -0.3 is 24.5 Å². The van der Waals surface area contributed by atoms with Crippen molar-refractivity contribution in [1.82, 2.24) is 15.2 Å². The number of ketones is 1. The number of rotatable bonds is 4. The summed E-state index contributed by atoms with van der Waals surface area (Å²) in [6, 6.07) is -1.42. The van der Waals surface area contributed by atoms with Gasteiger partial charge in [-0.2, -0.15) is 0 Å². The maximum atomic E-state index is 13.8. The van der Waals surface area contributed by atoms with E-state index < -0.39 is 51.1 Å². The number of aromatic nitrogens is 1. The average Bonchev–Trinajstić information content (AvgIpc) is 3.59. The molecule has 0 spiro atoms. The number of carbonyl (C=O) groups is 4. The molecule has 12 nitrogen and oxygen atoms in total. The highest BCUT2D eigenvalue weighted by atomic mass is 32.2. The second-order valence-electron chi connectivity index (χ2n) is 11.7. The lowest BCUT2D eigenvalue weighted by molar-refractivity contribution is -0.157. The van der Waals surface area contributed by atoms with Crippen LogP contribution in [0.25, 0.3) is 0 Å². The maximum absolute atomic E-state index is 13.8. The number of nitrogens with zero attached hydrogens (tertiary/aromatic N) is 2. The van der Waals surface area contributed by atoms with Crippen molar-refractivity contribution in [3.8, 4) is 0 Å². The number of hydrogen-bond donors (Lipinski definition) is 2. The first-order valence-electron chi connectivity index (χ1n) is 14.9. The number of carbonyl (C=O) groups excluding carboxylic acids is 4. The standard InChI is InChI=1S/C31H43N3O9S/c1-6-14-44(40,41)25-11-13-34-28(25)31(39)43-29(19(2)3)21(5)9-10-26(37)32-12-7-8-20(4)15-22(35)16-23(36)17-27-33-24(18-42-27)30(34)38/h7-10,15,18-19,21-22,25,28-29,35H,6,11-14,16-17H2,1-5H3,(H,32,37)/b8-7+,10-9+,20-15+/t21-,22-,25-,28-,29-/m1/s1. The van der Waals surface area contributed by atoms with Gasteiger partial charge in [0.1, 0.15) is 24.2 Å². The minimum atomic E-state index is -3.77. The minimum absolute atomic E-state index is 0.0266. The molecule has 2 bridgehead atoms. The number of aliphatic hydroxyl groups excluding tert-OH is 1. The van der Waals surface area contributed by atoms with E-state index in [1.807, 2.05) is 13.8 Å². The van der Waals surface area contributed by atoms with Crippen molar-refractivity contribution in [3.63, 3.8) is 0 Å². The Labute approximate surface area is 258 Å². The molecule has 3 heterocycles. The van der Waals surface area contributed by atoms with Gasteiger partial charge >= 0.3 is 5.97 Å². The van der Waals surface area contributed by atoms with Gasteiger partial charge in [0, 0.05) is 25.4 Å². The number of oxazole rings is 1. The molecular weight excluding hydrogens is 590 g/mol. The smallest absolute Gasteiger partial charge is 0.330 e. The topological polar surface area (TPSA) is 173 Å². The molecule has 0 aromatic carbocycles. The molecule has 2 amide bonds. The first-order chi connectivity index (χ1) is 20.7. The summed E-state index contributed by atoms with van der Waals surface area (Å²) in [4.78, 5) is 57.6. The van der Waals surface area contributed by atoms with E-state index in [-0.39, 0.29) is 67.3 Å². The molecule has 1 aromatic heterocycles. The van der Waals surface area contributed by atoms with E-state index >= 15 is 0 Å². The highest BCUT2D eigenvalue weighted by Crippen LogP contribution is 2.30. The summed E-state index contributed by atoms with van der Waals surface area (Å²) >= 11 is 0. The Kier molecular flexibility index (Phi) is 12.2. The van der Waals surface area contributed by atoms with Gasteiger partial charge in [-0.15, -0.1) is 0 Å².